The molecular formula is C3H7N3O. The molecular weight excluding hydrogens is 94.1 g/mol. The van der Waals surface area contributed by atoms with E-state index in [0.29, 0.717) is 0 Å². The van der Waals surface area contributed by atoms with E-state index in [4.69, 9.17) is 10.6 Å². The summed E-state index contributed by atoms with van der Waals surface area (Å²) in [6.45, 7) is 1.73. The number of nitrogens with zero attached hydrogens (tertiary/aromatic N) is 3. The molecule has 0 aromatic heterocycles. The average Bonchev–Trinajstić information content (AvgIpc) is 1.61. The predicted molar refractivity (Wildman–Crippen MR) is 25.7 cm³/mol. The van der Waals surface area contributed by atoms with Crippen LogP contribution >= 0.6 is 0 Å². The second-order valence-corrected chi connectivity index (χ2v) is 1.26. The summed E-state index contributed by atoms with van der Waals surface area (Å²) in [4.78, 5) is 2.44. The molecule has 0 amide bonds. The fourth-order valence-electron chi connectivity index (χ4n) is 0.155. The van der Waals surface area contributed by atoms with E-state index in [-0.39, 0.29) is 6.54 Å². The molecule has 0 aliphatic carbocycles. The number of azide groups is 1. The molecule has 0 fully saturated rings. The van der Waals surface area contributed by atoms with Crippen LogP contribution in [0.4, 0.5) is 0 Å². The summed E-state index contributed by atoms with van der Waals surface area (Å²) >= 11 is 0. The van der Waals surface area contributed by atoms with Crippen molar-refractivity contribution in [3.8, 4) is 0 Å². The van der Waals surface area contributed by atoms with Crippen LogP contribution < -0.4 is 0 Å². The first-order valence-corrected chi connectivity index (χ1v) is 1.96. The van der Waals surface area contributed by atoms with Gasteiger partial charge in [-0.05, 0) is 12.5 Å². The molecule has 0 unspecified atom stereocenters. The highest BCUT2D eigenvalue weighted by molar-refractivity contribution is 4.50. The van der Waals surface area contributed by atoms with Gasteiger partial charge in [-0.2, -0.15) is 0 Å². The lowest BCUT2D eigenvalue weighted by Crippen LogP contribution is -2.01. The number of aliphatic hydroxyl groups is 1. The molecule has 0 aliphatic heterocycles. The Bertz CT molecular complexity index is 84.2. The molecule has 0 saturated carbocycles. The lowest BCUT2D eigenvalue weighted by atomic mass is 10.4. The van der Waals surface area contributed by atoms with Gasteiger partial charge < -0.3 is 5.11 Å². The van der Waals surface area contributed by atoms with Crippen LogP contribution in [0.3, 0.4) is 0 Å². The summed E-state index contributed by atoms with van der Waals surface area (Å²) in [5.74, 6) is 0. The van der Waals surface area contributed by atoms with E-state index in [2.05, 4.69) is 10.0 Å². The summed E-state index contributed by atoms with van der Waals surface area (Å²) in [6.07, 6.45) is -0.518. The second kappa shape index (κ2) is 3.46. The zero-order valence-corrected chi connectivity index (χ0v) is 4.07. The van der Waals surface area contributed by atoms with Crippen LogP contribution in [0.1, 0.15) is 6.92 Å². The Balaban J connectivity index is 3.13. The molecule has 0 bridgehead atoms. The normalized spacial score (nSPS) is 12.3. The minimum Gasteiger partial charge on any atom is -0.393 e. The largest absolute Gasteiger partial charge is 0.393 e. The van der Waals surface area contributed by atoms with Crippen LogP contribution in [-0.4, -0.2) is 17.8 Å². The molecule has 4 nitrogen and oxygen atoms in total. The molecule has 0 aliphatic rings. The maximum absolute atomic E-state index is 8.42. The van der Waals surface area contributed by atoms with Crippen molar-refractivity contribution < 1.29 is 5.11 Å². The molecule has 0 radical (unpaired) electrons. The second-order valence-electron chi connectivity index (χ2n) is 1.26. The fourth-order valence-corrected chi connectivity index (χ4v) is 0.155. The van der Waals surface area contributed by atoms with Gasteiger partial charge in [0.2, 0.25) is 0 Å². The van der Waals surface area contributed by atoms with E-state index < -0.39 is 6.10 Å². The molecule has 40 valence electrons. The topological polar surface area (TPSA) is 69.0 Å². The van der Waals surface area contributed by atoms with E-state index in [9.17, 15) is 0 Å². The Hall–Kier alpha value is -0.730. The van der Waals surface area contributed by atoms with Crippen molar-refractivity contribution in [2.24, 2.45) is 5.11 Å². The average molecular weight is 101 g/mol. The number of hydrogen-bond acceptors (Lipinski definition) is 2. The minimum absolute atomic E-state index is 0.163. The predicted octanol–water partition coefficient (Wildman–Crippen LogP) is 0.677. The zero-order valence-electron chi connectivity index (χ0n) is 4.07. The number of rotatable bonds is 2. The molecule has 1 atom stereocenters. The highest BCUT2D eigenvalue weighted by Gasteiger charge is 1.86. The third kappa shape index (κ3) is 5.27. The Morgan fingerprint density at radius 2 is 2.57 bits per heavy atom. The van der Waals surface area contributed by atoms with Gasteiger partial charge in [0.05, 0.1) is 12.6 Å². The number of aliphatic hydroxyl groups excluding tert-OH is 1. The minimum atomic E-state index is -0.518. The van der Waals surface area contributed by atoms with E-state index in [1.54, 1.807) is 6.92 Å². The Morgan fingerprint density at radius 1 is 2.00 bits per heavy atom. The van der Waals surface area contributed by atoms with Crippen molar-refractivity contribution in [3.63, 3.8) is 0 Å². The molecule has 0 spiro atoms. The Labute approximate surface area is 41.4 Å². The standard InChI is InChI=1S/C3H7N3O/c1-3(7)2-5-6-4/h3,7H,2H2,1H3/t3-/m0/s1. The molecule has 0 aromatic rings. The quantitative estimate of drug-likeness (QED) is 0.310. The molecule has 0 rings (SSSR count). The van der Waals surface area contributed by atoms with Gasteiger partial charge in [0.1, 0.15) is 0 Å². The van der Waals surface area contributed by atoms with E-state index >= 15 is 0 Å². The lowest BCUT2D eigenvalue weighted by Gasteiger charge is -1.91. The van der Waals surface area contributed by atoms with Gasteiger partial charge in [0.15, 0.2) is 0 Å². The maximum Gasteiger partial charge on any atom is 0.0568 e. The molecule has 0 aromatic carbocycles. The van der Waals surface area contributed by atoms with Crippen LogP contribution in [0.2, 0.25) is 0 Å². The smallest absolute Gasteiger partial charge is 0.0568 e. The van der Waals surface area contributed by atoms with Crippen molar-refractivity contribution in [3.05, 3.63) is 10.4 Å². The van der Waals surface area contributed by atoms with Gasteiger partial charge in [0, 0.05) is 4.91 Å². The third-order valence-corrected chi connectivity index (χ3v) is 0.409. The van der Waals surface area contributed by atoms with Crippen molar-refractivity contribution in [1.29, 1.82) is 0 Å². The molecule has 0 heterocycles. The first-order chi connectivity index (χ1) is 3.27. The molecule has 0 saturated heterocycles. The van der Waals surface area contributed by atoms with Crippen molar-refractivity contribution in [1.82, 2.24) is 0 Å². The molecule has 7 heavy (non-hydrogen) atoms. The van der Waals surface area contributed by atoms with Crippen LogP contribution in [0.15, 0.2) is 5.11 Å². The van der Waals surface area contributed by atoms with Gasteiger partial charge in [-0.15, -0.1) is 0 Å². The summed E-state index contributed by atoms with van der Waals surface area (Å²) in [5, 5.41) is 11.5. The van der Waals surface area contributed by atoms with Crippen LogP contribution in [0, 0.1) is 0 Å². The first-order valence-electron chi connectivity index (χ1n) is 1.96. The third-order valence-electron chi connectivity index (χ3n) is 0.409. The van der Waals surface area contributed by atoms with Crippen molar-refractivity contribution >= 4 is 0 Å². The highest BCUT2D eigenvalue weighted by Crippen LogP contribution is 1.78. The Kier molecular flexibility index (Phi) is 3.10. The van der Waals surface area contributed by atoms with E-state index in [0.717, 1.165) is 0 Å². The van der Waals surface area contributed by atoms with E-state index in [1.807, 2.05) is 0 Å². The van der Waals surface area contributed by atoms with Crippen LogP contribution in [-0.2, 0) is 0 Å². The first kappa shape index (κ1) is 6.27. The number of hydrogen-bond donors (Lipinski definition) is 1. The highest BCUT2D eigenvalue weighted by atomic mass is 16.3. The van der Waals surface area contributed by atoms with Gasteiger partial charge in [-0.3, -0.25) is 0 Å². The summed E-state index contributed by atoms with van der Waals surface area (Å²) in [7, 11) is 0. The van der Waals surface area contributed by atoms with Crippen molar-refractivity contribution in [2.75, 3.05) is 6.54 Å². The van der Waals surface area contributed by atoms with Gasteiger partial charge in [-0.25, -0.2) is 0 Å². The summed E-state index contributed by atoms with van der Waals surface area (Å²) < 4.78 is 0. The maximum atomic E-state index is 8.42. The summed E-state index contributed by atoms with van der Waals surface area (Å²) in [6, 6.07) is 0. The fraction of sp³-hybridized carbons (Fsp3) is 1.00. The van der Waals surface area contributed by atoms with Gasteiger partial charge in [0.25, 0.3) is 0 Å². The molecule has 4 heteroatoms. The van der Waals surface area contributed by atoms with Gasteiger partial charge in [-0.1, -0.05) is 5.11 Å². The monoisotopic (exact) mass is 101 g/mol. The Morgan fingerprint density at radius 3 is 2.71 bits per heavy atom. The summed E-state index contributed by atoms with van der Waals surface area (Å²) in [5.41, 5.74) is 7.66. The molecule has 1 N–H and O–H groups in total. The lowest BCUT2D eigenvalue weighted by molar-refractivity contribution is 0.203. The van der Waals surface area contributed by atoms with Gasteiger partial charge >= 0.3 is 0 Å². The van der Waals surface area contributed by atoms with Crippen molar-refractivity contribution in [2.45, 2.75) is 13.0 Å². The zero-order chi connectivity index (χ0) is 5.70. The SMILES string of the molecule is C[C@H](O)CN=[N+]=[N-]. The van der Waals surface area contributed by atoms with Crippen LogP contribution in [0.5, 0.6) is 0 Å². The van der Waals surface area contributed by atoms with Crippen LogP contribution in [0.25, 0.3) is 10.4 Å². The van der Waals surface area contributed by atoms with E-state index in [1.165, 1.54) is 0 Å².